The number of hydrogen-bond donors (Lipinski definition) is 0. The van der Waals surface area contributed by atoms with Crippen LogP contribution in [0.2, 0.25) is 0 Å². The second-order valence-electron chi connectivity index (χ2n) is 8.59. The number of fused-ring (bicyclic) bond motifs is 1. The molecule has 6 rings (SSSR count). The van der Waals surface area contributed by atoms with Crippen molar-refractivity contribution in [3.8, 4) is 11.5 Å². The summed E-state index contributed by atoms with van der Waals surface area (Å²) < 4.78 is 10.7. The van der Waals surface area contributed by atoms with E-state index in [1.54, 1.807) is 34.9 Å². The van der Waals surface area contributed by atoms with E-state index in [2.05, 4.69) is 30.3 Å². The molecule has 0 N–H and O–H groups in total. The molecule has 1 aliphatic carbocycles. The van der Waals surface area contributed by atoms with Crippen LogP contribution in [0, 0.1) is 0 Å². The van der Waals surface area contributed by atoms with E-state index in [1.807, 2.05) is 4.90 Å². The number of amides is 2. The summed E-state index contributed by atoms with van der Waals surface area (Å²) in [5, 5.41) is 2.64. The number of hydrogen-bond acceptors (Lipinski definition) is 5. The molecule has 3 aromatic carbocycles. The number of ether oxygens (including phenoxy) is 2. The third kappa shape index (κ3) is 3.70. The van der Waals surface area contributed by atoms with Gasteiger partial charge in [-0.2, -0.15) is 0 Å². The van der Waals surface area contributed by atoms with E-state index >= 15 is 0 Å². The summed E-state index contributed by atoms with van der Waals surface area (Å²) in [7, 11) is 0. The maximum absolute atomic E-state index is 12.9. The molecule has 0 radical (unpaired) electrons. The number of aryl methyl sites for hydroxylation is 2. The molecule has 168 valence electrons. The number of thioether (sulfide) groups is 1. The van der Waals surface area contributed by atoms with Gasteiger partial charge in [0.1, 0.15) is 0 Å². The molecule has 2 amide bonds. The molecule has 2 aliphatic heterocycles. The lowest BCUT2D eigenvalue weighted by molar-refractivity contribution is -0.129. The molecule has 3 aromatic rings. The van der Waals surface area contributed by atoms with E-state index in [0.29, 0.717) is 49.0 Å². The SMILES string of the molecule is O=C(CSc1ccc2c3c(cccc13)CC2)N1CCN(C(=O)c2ccc3c(c2)OCO3)CC1. The quantitative estimate of drug-likeness (QED) is 0.555. The second-order valence-corrected chi connectivity index (χ2v) is 9.61. The summed E-state index contributed by atoms with van der Waals surface area (Å²) in [5.74, 6) is 1.77. The summed E-state index contributed by atoms with van der Waals surface area (Å²) in [6, 6.07) is 16.1. The summed E-state index contributed by atoms with van der Waals surface area (Å²) in [6.45, 7) is 2.36. The van der Waals surface area contributed by atoms with Crippen LogP contribution < -0.4 is 9.47 Å². The molecule has 0 spiro atoms. The maximum Gasteiger partial charge on any atom is 0.254 e. The number of benzene rings is 3. The second kappa shape index (κ2) is 8.30. The molecule has 0 atom stereocenters. The highest BCUT2D eigenvalue weighted by Gasteiger charge is 2.26. The van der Waals surface area contributed by atoms with E-state index in [4.69, 9.17) is 9.47 Å². The largest absolute Gasteiger partial charge is 0.454 e. The fourth-order valence-corrected chi connectivity index (χ4v) is 5.90. The summed E-state index contributed by atoms with van der Waals surface area (Å²) in [5.41, 5.74) is 3.42. The van der Waals surface area contributed by atoms with Crippen LogP contribution in [0.4, 0.5) is 0 Å². The van der Waals surface area contributed by atoms with Gasteiger partial charge in [0.25, 0.3) is 5.91 Å². The van der Waals surface area contributed by atoms with Crippen molar-refractivity contribution in [3.05, 3.63) is 65.2 Å². The van der Waals surface area contributed by atoms with Crippen LogP contribution in [0.1, 0.15) is 21.5 Å². The van der Waals surface area contributed by atoms with Crippen LogP contribution in [-0.2, 0) is 17.6 Å². The first-order valence-corrected chi connectivity index (χ1v) is 12.3. The standard InChI is InChI=1S/C26H24N2O4S/c29-24(15-33-23-9-7-18-5-4-17-2-1-3-20(23)25(17)18)27-10-12-28(13-11-27)26(30)19-6-8-21-22(14-19)32-16-31-21/h1-3,6-9,14H,4-5,10-13,15-16H2. The molecule has 1 fully saturated rings. The molecular weight excluding hydrogens is 436 g/mol. The van der Waals surface area contributed by atoms with Crippen LogP contribution in [0.15, 0.2) is 53.4 Å². The summed E-state index contributed by atoms with van der Waals surface area (Å²) >= 11 is 1.61. The van der Waals surface area contributed by atoms with E-state index < -0.39 is 0 Å². The zero-order valence-corrected chi connectivity index (χ0v) is 19.0. The number of carbonyl (C=O) groups is 2. The first kappa shape index (κ1) is 20.4. The Hall–Kier alpha value is -3.19. The molecule has 6 nitrogen and oxygen atoms in total. The van der Waals surface area contributed by atoms with Gasteiger partial charge in [0.15, 0.2) is 11.5 Å². The van der Waals surface area contributed by atoms with E-state index in [1.165, 1.54) is 26.8 Å². The predicted octanol–water partition coefficient (Wildman–Crippen LogP) is 3.74. The molecule has 7 heteroatoms. The van der Waals surface area contributed by atoms with Gasteiger partial charge >= 0.3 is 0 Å². The molecule has 2 heterocycles. The average molecular weight is 461 g/mol. The number of piperazine rings is 1. The third-order valence-corrected chi connectivity index (χ3v) is 7.79. The van der Waals surface area contributed by atoms with Crippen molar-refractivity contribution in [2.45, 2.75) is 17.7 Å². The minimum absolute atomic E-state index is 0.0392. The zero-order chi connectivity index (χ0) is 22.4. The summed E-state index contributed by atoms with van der Waals surface area (Å²) in [4.78, 5) is 30.6. The van der Waals surface area contributed by atoms with Gasteiger partial charge in [-0.25, -0.2) is 0 Å². The highest BCUT2D eigenvalue weighted by molar-refractivity contribution is 8.00. The van der Waals surface area contributed by atoms with Crippen molar-refractivity contribution >= 4 is 34.3 Å². The third-order valence-electron chi connectivity index (χ3n) is 6.73. The molecule has 1 saturated heterocycles. The molecule has 3 aliphatic rings. The van der Waals surface area contributed by atoms with Crippen molar-refractivity contribution in [2.75, 3.05) is 38.7 Å². The Morgan fingerprint density at radius 2 is 1.61 bits per heavy atom. The van der Waals surface area contributed by atoms with Crippen LogP contribution >= 0.6 is 11.8 Å². The molecule has 33 heavy (non-hydrogen) atoms. The first-order chi connectivity index (χ1) is 16.2. The molecule has 0 saturated carbocycles. The van der Waals surface area contributed by atoms with Gasteiger partial charge in [-0.15, -0.1) is 11.8 Å². The van der Waals surface area contributed by atoms with E-state index in [9.17, 15) is 9.59 Å². The van der Waals surface area contributed by atoms with Gasteiger partial charge < -0.3 is 19.3 Å². The molecular formula is C26H24N2O4S. The number of rotatable bonds is 4. The molecule has 0 aromatic heterocycles. The minimum atomic E-state index is -0.0392. The van der Waals surface area contributed by atoms with E-state index in [0.717, 1.165) is 12.8 Å². The smallest absolute Gasteiger partial charge is 0.254 e. The Morgan fingerprint density at radius 3 is 2.45 bits per heavy atom. The lowest BCUT2D eigenvalue weighted by Gasteiger charge is -2.34. The van der Waals surface area contributed by atoms with Crippen LogP contribution in [-0.4, -0.2) is 60.3 Å². The van der Waals surface area contributed by atoms with Crippen molar-refractivity contribution in [2.24, 2.45) is 0 Å². The van der Waals surface area contributed by atoms with Crippen LogP contribution in [0.25, 0.3) is 10.8 Å². The Balaban J connectivity index is 1.07. The van der Waals surface area contributed by atoms with E-state index in [-0.39, 0.29) is 18.6 Å². The van der Waals surface area contributed by atoms with Crippen molar-refractivity contribution in [1.82, 2.24) is 9.80 Å². The molecule has 0 bridgehead atoms. The van der Waals surface area contributed by atoms with Gasteiger partial charge in [-0.05, 0) is 59.0 Å². The Kier molecular flexibility index (Phi) is 5.14. The monoisotopic (exact) mass is 460 g/mol. The summed E-state index contributed by atoms with van der Waals surface area (Å²) in [6.07, 6.45) is 2.21. The zero-order valence-electron chi connectivity index (χ0n) is 18.2. The van der Waals surface area contributed by atoms with Crippen LogP contribution in [0.5, 0.6) is 11.5 Å². The molecule has 0 unspecified atom stereocenters. The fraction of sp³-hybridized carbons (Fsp3) is 0.308. The highest BCUT2D eigenvalue weighted by Crippen LogP contribution is 2.37. The predicted molar refractivity (Wildman–Crippen MR) is 127 cm³/mol. The number of nitrogens with zero attached hydrogens (tertiary/aromatic N) is 2. The first-order valence-electron chi connectivity index (χ1n) is 11.3. The van der Waals surface area contributed by atoms with Crippen molar-refractivity contribution in [1.29, 1.82) is 0 Å². The van der Waals surface area contributed by atoms with Gasteiger partial charge in [0.2, 0.25) is 12.7 Å². The number of carbonyl (C=O) groups excluding carboxylic acids is 2. The maximum atomic E-state index is 12.9. The lowest BCUT2D eigenvalue weighted by atomic mass is 10.1. The average Bonchev–Trinajstić information content (AvgIpc) is 3.51. The van der Waals surface area contributed by atoms with Gasteiger partial charge in [0.05, 0.1) is 5.75 Å². The Morgan fingerprint density at radius 1 is 0.848 bits per heavy atom. The topological polar surface area (TPSA) is 59.1 Å². The van der Waals surface area contributed by atoms with Gasteiger partial charge in [-0.3, -0.25) is 9.59 Å². The van der Waals surface area contributed by atoms with Gasteiger partial charge in [0, 0.05) is 36.6 Å². The lowest BCUT2D eigenvalue weighted by Crippen LogP contribution is -2.51. The van der Waals surface area contributed by atoms with Gasteiger partial charge in [-0.1, -0.05) is 24.3 Å². The highest BCUT2D eigenvalue weighted by atomic mass is 32.2. The van der Waals surface area contributed by atoms with Crippen LogP contribution in [0.3, 0.4) is 0 Å². The normalized spacial score (nSPS) is 16.5. The van der Waals surface area contributed by atoms with Crippen molar-refractivity contribution in [3.63, 3.8) is 0 Å². The van der Waals surface area contributed by atoms with Crippen molar-refractivity contribution < 1.29 is 19.1 Å². The fourth-order valence-electron chi connectivity index (χ4n) is 4.95. The minimum Gasteiger partial charge on any atom is -0.454 e. The Labute approximate surface area is 196 Å². The Bertz CT molecular complexity index is 1260.